The van der Waals surface area contributed by atoms with E-state index in [-0.39, 0.29) is 5.88 Å². The number of anilines is 1. The summed E-state index contributed by atoms with van der Waals surface area (Å²) in [5.41, 5.74) is 7.39. The molecule has 2 N–H and O–H groups in total. The van der Waals surface area contributed by atoms with E-state index in [0.717, 1.165) is 10.0 Å². The normalized spacial score (nSPS) is 9.87. The molecule has 0 aliphatic rings. The number of nitrogen functional groups attached to an aromatic ring is 1. The molecule has 1 heterocycles. The molecule has 0 radical (unpaired) electrons. The maximum atomic E-state index is 8.77. The van der Waals surface area contributed by atoms with Gasteiger partial charge in [0.15, 0.2) is 0 Å². The van der Waals surface area contributed by atoms with Gasteiger partial charge in [0.1, 0.15) is 5.69 Å². The first-order chi connectivity index (χ1) is 7.20. The lowest BCUT2D eigenvalue weighted by Crippen LogP contribution is -1.82. The lowest BCUT2D eigenvalue weighted by atomic mass is 10.1. The average Bonchev–Trinajstić information content (AvgIpc) is 2.65. The second kappa shape index (κ2) is 3.75. The summed E-state index contributed by atoms with van der Waals surface area (Å²) < 4.78 is 5.61. The van der Waals surface area contributed by atoms with Gasteiger partial charge in [0.05, 0.1) is 11.6 Å². The van der Waals surface area contributed by atoms with E-state index in [0.29, 0.717) is 11.3 Å². The summed E-state index contributed by atoms with van der Waals surface area (Å²) in [5.74, 6) is 0.249. The Balaban J connectivity index is 2.57. The van der Waals surface area contributed by atoms with Crippen molar-refractivity contribution in [1.82, 2.24) is 5.16 Å². The standard InChI is InChI=1S/C10H6BrN3O/c11-8-2-1-6(5-12)3-7(8)9-4-10(13)15-14-9/h1-4H,13H2. The molecule has 0 unspecified atom stereocenters. The molecular weight excluding hydrogens is 258 g/mol. The Kier molecular flexibility index (Phi) is 2.44. The molecule has 1 aromatic heterocycles. The van der Waals surface area contributed by atoms with Crippen LogP contribution in [0.1, 0.15) is 5.56 Å². The maximum absolute atomic E-state index is 8.77. The zero-order valence-corrected chi connectivity index (χ0v) is 9.15. The third-order valence-electron chi connectivity index (χ3n) is 1.90. The number of nitriles is 1. The van der Waals surface area contributed by atoms with Gasteiger partial charge in [-0.05, 0) is 18.2 Å². The smallest absolute Gasteiger partial charge is 0.222 e. The average molecular weight is 264 g/mol. The lowest BCUT2D eigenvalue weighted by molar-refractivity contribution is 0.439. The third kappa shape index (κ3) is 1.85. The van der Waals surface area contributed by atoms with Crippen molar-refractivity contribution in [1.29, 1.82) is 5.26 Å². The largest absolute Gasteiger partial charge is 0.368 e. The summed E-state index contributed by atoms with van der Waals surface area (Å²) in [5, 5.41) is 12.6. The first kappa shape index (κ1) is 9.74. The minimum atomic E-state index is 0.249. The van der Waals surface area contributed by atoms with Crippen molar-refractivity contribution in [3.05, 3.63) is 34.3 Å². The predicted octanol–water partition coefficient (Wildman–Crippen LogP) is 2.56. The van der Waals surface area contributed by atoms with Gasteiger partial charge in [-0.15, -0.1) is 0 Å². The van der Waals surface area contributed by atoms with E-state index >= 15 is 0 Å². The second-order valence-corrected chi connectivity index (χ2v) is 3.78. The minimum Gasteiger partial charge on any atom is -0.368 e. The lowest BCUT2D eigenvalue weighted by Gasteiger charge is -1.99. The maximum Gasteiger partial charge on any atom is 0.222 e. The highest BCUT2D eigenvalue weighted by molar-refractivity contribution is 9.10. The zero-order chi connectivity index (χ0) is 10.8. The molecule has 1 aromatic carbocycles. The quantitative estimate of drug-likeness (QED) is 0.858. The summed E-state index contributed by atoms with van der Waals surface area (Å²) in [4.78, 5) is 0. The van der Waals surface area contributed by atoms with Crippen molar-refractivity contribution in [2.75, 3.05) is 5.73 Å². The van der Waals surface area contributed by atoms with Gasteiger partial charge in [-0.2, -0.15) is 5.26 Å². The second-order valence-electron chi connectivity index (χ2n) is 2.92. The van der Waals surface area contributed by atoms with E-state index in [9.17, 15) is 0 Å². The molecule has 0 amide bonds. The van der Waals surface area contributed by atoms with Gasteiger partial charge in [0, 0.05) is 16.1 Å². The van der Waals surface area contributed by atoms with Crippen molar-refractivity contribution in [2.45, 2.75) is 0 Å². The molecule has 5 heteroatoms. The van der Waals surface area contributed by atoms with E-state index in [1.807, 2.05) is 0 Å². The SMILES string of the molecule is N#Cc1ccc(Br)c(-c2cc(N)on2)c1. The summed E-state index contributed by atoms with van der Waals surface area (Å²) >= 11 is 3.37. The summed E-state index contributed by atoms with van der Waals surface area (Å²) in [6, 6.07) is 8.91. The van der Waals surface area contributed by atoms with Crippen LogP contribution in [0.25, 0.3) is 11.3 Å². The molecule has 0 bridgehead atoms. The van der Waals surface area contributed by atoms with Crippen molar-refractivity contribution in [3.63, 3.8) is 0 Å². The Bertz CT molecular complexity index is 542. The fraction of sp³-hybridized carbons (Fsp3) is 0. The van der Waals surface area contributed by atoms with Crippen LogP contribution in [-0.2, 0) is 0 Å². The summed E-state index contributed by atoms with van der Waals surface area (Å²) in [6.07, 6.45) is 0. The Labute approximate surface area is 94.4 Å². The van der Waals surface area contributed by atoms with Gasteiger partial charge in [-0.25, -0.2) is 0 Å². The molecule has 0 atom stereocenters. The molecule has 2 aromatic rings. The van der Waals surface area contributed by atoms with Crippen molar-refractivity contribution >= 4 is 21.8 Å². The molecule has 0 saturated heterocycles. The number of hydrogen-bond acceptors (Lipinski definition) is 4. The molecule has 15 heavy (non-hydrogen) atoms. The number of nitrogens with two attached hydrogens (primary N) is 1. The predicted molar refractivity (Wildman–Crippen MR) is 58.8 cm³/mol. The zero-order valence-electron chi connectivity index (χ0n) is 7.57. The fourth-order valence-corrected chi connectivity index (χ4v) is 1.66. The minimum absolute atomic E-state index is 0.249. The molecular formula is C10H6BrN3O. The van der Waals surface area contributed by atoms with Crippen LogP contribution in [0.5, 0.6) is 0 Å². The first-order valence-corrected chi connectivity index (χ1v) is 4.92. The molecule has 0 fully saturated rings. The van der Waals surface area contributed by atoms with Crippen LogP contribution < -0.4 is 5.73 Å². The van der Waals surface area contributed by atoms with E-state index in [1.165, 1.54) is 0 Å². The molecule has 2 rings (SSSR count). The molecule has 74 valence electrons. The van der Waals surface area contributed by atoms with Crippen LogP contribution in [-0.4, -0.2) is 5.16 Å². The summed E-state index contributed by atoms with van der Waals surface area (Å²) in [6.45, 7) is 0. The Morgan fingerprint density at radius 3 is 2.80 bits per heavy atom. The highest BCUT2D eigenvalue weighted by Crippen LogP contribution is 2.29. The van der Waals surface area contributed by atoms with Crippen molar-refractivity contribution in [3.8, 4) is 17.3 Å². The van der Waals surface area contributed by atoms with Crippen LogP contribution in [0.2, 0.25) is 0 Å². The number of rotatable bonds is 1. The van der Waals surface area contributed by atoms with Crippen LogP contribution in [0.15, 0.2) is 33.3 Å². The number of aromatic nitrogens is 1. The first-order valence-electron chi connectivity index (χ1n) is 4.13. The van der Waals surface area contributed by atoms with E-state index < -0.39 is 0 Å². The number of benzene rings is 1. The Morgan fingerprint density at radius 2 is 2.20 bits per heavy atom. The van der Waals surface area contributed by atoms with E-state index in [2.05, 4.69) is 27.2 Å². The molecule has 0 aliphatic carbocycles. The van der Waals surface area contributed by atoms with Gasteiger partial charge < -0.3 is 10.3 Å². The van der Waals surface area contributed by atoms with Gasteiger partial charge >= 0.3 is 0 Å². The van der Waals surface area contributed by atoms with Crippen LogP contribution in [0.4, 0.5) is 5.88 Å². The highest BCUT2D eigenvalue weighted by Gasteiger charge is 2.08. The monoisotopic (exact) mass is 263 g/mol. The summed E-state index contributed by atoms with van der Waals surface area (Å²) in [7, 11) is 0. The van der Waals surface area contributed by atoms with Crippen LogP contribution in [0.3, 0.4) is 0 Å². The van der Waals surface area contributed by atoms with Gasteiger partial charge in [0.25, 0.3) is 0 Å². The Hall–Kier alpha value is -1.80. The number of nitrogens with zero attached hydrogens (tertiary/aromatic N) is 2. The molecule has 0 aliphatic heterocycles. The van der Waals surface area contributed by atoms with Gasteiger partial charge in [-0.1, -0.05) is 21.1 Å². The highest BCUT2D eigenvalue weighted by atomic mass is 79.9. The van der Waals surface area contributed by atoms with Crippen molar-refractivity contribution in [2.24, 2.45) is 0 Å². The van der Waals surface area contributed by atoms with Crippen LogP contribution >= 0.6 is 15.9 Å². The number of halogens is 1. The van der Waals surface area contributed by atoms with E-state index in [4.69, 9.17) is 15.5 Å². The van der Waals surface area contributed by atoms with E-state index in [1.54, 1.807) is 24.3 Å². The molecule has 4 nitrogen and oxygen atoms in total. The third-order valence-corrected chi connectivity index (χ3v) is 2.59. The fourth-order valence-electron chi connectivity index (χ4n) is 1.21. The molecule has 0 spiro atoms. The topological polar surface area (TPSA) is 75.8 Å². The van der Waals surface area contributed by atoms with Gasteiger partial charge in [0.2, 0.25) is 5.88 Å². The van der Waals surface area contributed by atoms with Crippen LogP contribution in [0, 0.1) is 11.3 Å². The van der Waals surface area contributed by atoms with Crippen molar-refractivity contribution < 1.29 is 4.52 Å². The molecule has 0 saturated carbocycles. The number of hydrogen-bond donors (Lipinski definition) is 1. The van der Waals surface area contributed by atoms with Gasteiger partial charge in [-0.3, -0.25) is 0 Å². The Morgan fingerprint density at radius 1 is 1.40 bits per heavy atom.